The van der Waals surface area contributed by atoms with Crippen LogP contribution in [0.15, 0.2) is 24.3 Å². The molecule has 1 saturated heterocycles. The van der Waals surface area contributed by atoms with Gasteiger partial charge >= 0.3 is 0 Å². The number of nitrogens with zero attached hydrogens (tertiary/aromatic N) is 4. The zero-order valence-electron chi connectivity index (χ0n) is 19.3. The number of anilines is 3. The number of aromatic amines is 1. The number of benzene rings is 1. The Balaban J connectivity index is 1.64. The summed E-state index contributed by atoms with van der Waals surface area (Å²) in [4.78, 5) is 29.5. The SMILES string of the molecule is CCN(c1cc(C(=O)Nc2ccc3[nH]c(C)c(C)c3c2)nc(N(C)C)n1)C1CNCCO1. The first-order chi connectivity index (χ1) is 15.4. The first-order valence-electron chi connectivity index (χ1n) is 10.9. The van der Waals surface area contributed by atoms with Crippen molar-refractivity contribution in [1.82, 2.24) is 20.3 Å². The molecule has 9 nitrogen and oxygen atoms in total. The van der Waals surface area contributed by atoms with Crippen molar-refractivity contribution in [3.05, 3.63) is 41.2 Å². The van der Waals surface area contributed by atoms with Crippen molar-refractivity contribution in [2.45, 2.75) is 27.0 Å². The number of hydrogen-bond acceptors (Lipinski definition) is 7. The van der Waals surface area contributed by atoms with E-state index in [4.69, 9.17) is 4.74 Å². The van der Waals surface area contributed by atoms with E-state index in [1.54, 1.807) is 11.0 Å². The van der Waals surface area contributed by atoms with Crippen LogP contribution >= 0.6 is 0 Å². The molecule has 0 bridgehead atoms. The summed E-state index contributed by atoms with van der Waals surface area (Å²) in [6.07, 6.45) is -0.142. The van der Waals surface area contributed by atoms with Crippen LogP contribution in [0.1, 0.15) is 28.7 Å². The monoisotopic (exact) mass is 437 g/mol. The average Bonchev–Trinajstić information content (AvgIpc) is 3.08. The number of fused-ring (bicyclic) bond motifs is 1. The zero-order valence-corrected chi connectivity index (χ0v) is 19.3. The van der Waals surface area contributed by atoms with Crippen LogP contribution in [0.5, 0.6) is 0 Å². The molecule has 4 rings (SSSR count). The number of carbonyl (C=O) groups is 1. The van der Waals surface area contributed by atoms with E-state index in [1.807, 2.05) is 46.1 Å². The van der Waals surface area contributed by atoms with Crippen LogP contribution in [-0.2, 0) is 4.74 Å². The smallest absolute Gasteiger partial charge is 0.274 e. The van der Waals surface area contributed by atoms with E-state index in [9.17, 15) is 4.79 Å². The number of rotatable bonds is 6. The molecule has 3 aromatic rings. The van der Waals surface area contributed by atoms with Crippen LogP contribution in [0.25, 0.3) is 10.9 Å². The molecule has 1 aliphatic heterocycles. The molecule has 0 aliphatic carbocycles. The first-order valence-corrected chi connectivity index (χ1v) is 10.9. The van der Waals surface area contributed by atoms with Gasteiger partial charge in [0.1, 0.15) is 17.7 Å². The van der Waals surface area contributed by atoms with E-state index in [0.29, 0.717) is 37.2 Å². The number of nitrogens with one attached hydrogen (secondary N) is 3. The van der Waals surface area contributed by atoms with Crippen LogP contribution < -0.4 is 20.4 Å². The molecule has 9 heteroatoms. The predicted molar refractivity (Wildman–Crippen MR) is 128 cm³/mol. The molecule has 170 valence electrons. The van der Waals surface area contributed by atoms with E-state index in [1.165, 1.54) is 5.56 Å². The van der Waals surface area contributed by atoms with Crippen molar-refractivity contribution < 1.29 is 9.53 Å². The molecule has 0 radical (unpaired) electrons. The molecular weight excluding hydrogens is 406 g/mol. The van der Waals surface area contributed by atoms with Gasteiger partial charge in [-0.25, -0.2) is 4.98 Å². The highest BCUT2D eigenvalue weighted by atomic mass is 16.5. The van der Waals surface area contributed by atoms with Crippen molar-refractivity contribution >= 4 is 34.3 Å². The van der Waals surface area contributed by atoms with Gasteiger partial charge in [0.2, 0.25) is 5.95 Å². The Morgan fingerprint density at radius 2 is 2.06 bits per heavy atom. The third-order valence-electron chi connectivity index (χ3n) is 5.79. The summed E-state index contributed by atoms with van der Waals surface area (Å²) >= 11 is 0. The number of H-pyrrole nitrogens is 1. The summed E-state index contributed by atoms with van der Waals surface area (Å²) in [6.45, 7) is 9.03. The zero-order chi connectivity index (χ0) is 22.8. The molecule has 3 heterocycles. The Bertz CT molecular complexity index is 1120. The van der Waals surface area contributed by atoms with Crippen LogP contribution in [0.2, 0.25) is 0 Å². The summed E-state index contributed by atoms with van der Waals surface area (Å²) in [5, 5.41) is 7.43. The lowest BCUT2D eigenvalue weighted by Gasteiger charge is -2.35. The van der Waals surface area contributed by atoms with Crippen molar-refractivity contribution in [2.24, 2.45) is 0 Å². The quantitative estimate of drug-likeness (QED) is 0.545. The van der Waals surface area contributed by atoms with Crippen LogP contribution in [-0.4, -0.2) is 67.4 Å². The number of ether oxygens (including phenoxy) is 1. The fourth-order valence-corrected chi connectivity index (χ4v) is 3.88. The molecule has 1 unspecified atom stereocenters. The van der Waals surface area contributed by atoms with Crippen molar-refractivity contribution in [1.29, 1.82) is 0 Å². The Morgan fingerprint density at radius 1 is 1.25 bits per heavy atom. The van der Waals surface area contributed by atoms with Gasteiger partial charge in [-0.2, -0.15) is 4.98 Å². The van der Waals surface area contributed by atoms with Gasteiger partial charge in [0.25, 0.3) is 5.91 Å². The number of aryl methyl sites for hydroxylation is 2. The van der Waals surface area contributed by atoms with Crippen molar-refractivity contribution in [2.75, 3.05) is 55.5 Å². The second-order valence-electron chi connectivity index (χ2n) is 8.21. The average molecular weight is 438 g/mol. The van der Waals surface area contributed by atoms with Gasteiger partial charge in [-0.15, -0.1) is 0 Å². The lowest BCUT2D eigenvalue weighted by atomic mass is 10.1. The second-order valence-corrected chi connectivity index (χ2v) is 8.21. The molecule has 0 spiro atoms. The minimum atomic E-state index is -0.278. The highest BCUT2D eigenvalue weighted by molar-refractivity contribution is 6.04. The van der Waals surface area contributed by atoms with Gasteiger partial charge in [-0.05, 0) is 44.5 Å². The summed E-state index contributed by atoms with van der Waals surface area (Å²) < 4.78 is 5.92. The minimum absolute atomic E-state index is 0.142. The summed E-state index contributed by atoms with van der Waals surface area (Å²) in [6, 6.07) is 7.59. The molecule has 1 fully saturated rings. The topological polar surface area (TPSA) is 98.4 Å². The Labute approximate surface area is 188 Å². The van der Waals surface area contributed by atoms with E-state index in [2.05, 4.69) is 37.4 Å². The third-order valence-corrected chi connectivity index (χ3v) is 5.79. The Morgan fingerprint density at radius 3 is 2.75 bits per heavy atom. The fraction of sp³-hybridized carbons (Fsp3) is 0.435. The molecule has 1 amide bonds. The van der Waals surface area contributed by atoms with E-state index in [-0.39, 0.29) is 12.1 Å². The lowest BCUT2D eigenvalue weighted by molar-refractivity contribution is 0.0268. The van der Waals surface area contributed by atoms with Crippen LogP contribution in [0.3, 0.4) is 0 Å². The first kappa shape index (κ1) is 22.0. The van der Waals surface area contributed by atoms with E-state index in [0.717, 1.165) is 28.8 Å². The Kier molecular flexibility index (Phi) is 6.29. The maximum Gasteiger partial charge on any atom is 0.274 e. The van der Waals surface area contributed by atoms with Gasteiger partial charge in [0.05, 0.1) is 6.61 Å². The maximum atomic E-state index is 13.2. The third kappa shape index (κ3) is 4.39. The fourth-order valence-electron chi connectivity index (χ4n) is 3.88. The van der Waals surface area contributed by atoms with Crippen molar-refractivity contribution in [3.8, 4) is 0 Å². The van der Waals surface area contributed by atoms with Gasteiger partial charge in [-0.1, -0.05) is 0 Å². The summed E-state index contributed by atoms with van der Waals surface area (Å²) in [5.74, 6) is 0.861. The van der Waals surface area contributed by atoms with Gasteiger partial charge in [-0.3, -0.25) is 4.79 Å². The molecule has 1 aliphatic rings. The number of morpholine rings is 1. The standard InChI is InChI=1S/C23H31N7O2/c1-6-30(21-13-24-9-10-32-21)20-12-19(27-23(28-20)29(4)5)22(31)26-16-7-8-18-17(11-16)14(2)15(3)25-18/h7-8,11-12,21,24-25H,6,9-10,13H2,1-5H3,(H,26,31). The number of likely N-dealkylation sites (N-methyl/N-ethyl adjacent to an activating group) is 1. The molecule has 2 aromatic heterocycles. The number of hydrogen-bond donors (Lipinski definition) is 3. The second kappa shape index (κ2) is 9.13. The predicted octanol–water partition coefficient (Wildman–Crippen LogP) is 2.67. The molecule has 0 saturated carbocycles. The lowest BCUT2D eigenvalue weighted by Crippen LogP contribution is -2.49. The van der Waals surface area contributed by atoms with Gasteiger partial charge in [0, 0.05) is 62.1 Å². The largest absolute Gasteiger partial charge is 0.358 e. The van der Waals surface area contributed by atoms with Gasteiger partial charge < -0.3 is 30.2 Å². The highest BCUT2D eigenvalue weighted by Crippen LogP contribution is 2.25. The minimum Gasteiger partial charge on any atom is -0.358 e. The number of carbonyl (C=O) groups excluding carboxylic acids is 1. The molecule has 1 aromatic carbocycles. The molecule has 32 heavy (non-hydrogen) atoms. The molecular formula is C23H31N7O2. The summed E-state index contributed by atoms with van der Waals surface area (Å²) in [7, 11) is 3.72. The Hall–Kier alpha value is -3.17. The summed E-state index contributed by atoms with van der Waals surface area (Å²) in [5.41, 5.74) is 4.39. The maximum absolute atomic E-state index is 13.2. The van der Waals surface area contributed by atoms with E-state index < -0.39 is 0 Å². The van der Waals surface area contributed by atoms with Crippen LogP contribution in [0.4, 0.5) is 17.5 Å². The van der Waals surface area contributed by atoms with Gasteiger partial charge in [0.15, 0.2) is 0 Å². The van der Waals surface area contributed by atoms with E-state index >= 15 is 0 Å². The molecule has 3 N–H and O–H groups in total. The highest BCUT2D eigenvalue weighted by Gasteiger charge is 2.24. The van der Waals surface area contributed by atoms with Crippen LogP contribution in [0, 0.1) is 13.8 Å². The number of aromatic nitrogens is 3. The molecule has 1 atom stereocenters. The number of amides is 1. The normalized spacial score (nSPS) is 16.2. The van der Waals surface area contributed by atoms with Crippen molar-refractivity contribution in [3.63, 3.8) is 0 Å².